The molecule has 2 amide bonds. The van der Waals surface area contributed by atoms with Crippen molar-refractivity contribution >= 4 is 12.3 Å². The number of carbonyl (C=O) groups is 2. The molecule has 1 aliphatic carbocycles. The third-order valence-electron chi connectivity index (χ3n) is 6.96. The minimum Gasteiger partial charge on any atom is -0.377 e. The standard InChI is InChI=1S/C14H26N2O2.C7H11NO.C6H8.4C2H6/c1-12(15-11-13-7-10-18-13)5-4-6-14(17)16-8-2-3-9-16;9-6-8-5-1-2-7(8)3-4-7;1-3-5-6-4-2;4*1-2/h12-13,15H,2-11H2,1H3;6H,1-5H2;3-6H,1-2H2;4*1-2H3/b;;6-5-;;;;. The summed E-state index contributed by atoms with van der Waals surface area (Å²) >= 11 is 0. The number of ether oxygens (including phenoxy) is 1. The molecule has 4 aliphatic rings. The van der Waals surface area contributed by atoms with Crippen LogP contribution in [0.4, 0.5) is 0 Å². The molecule has 41 heavy (non-hydrogen) atoms. The number of allylic oxidation sites excluding steroid dienone is 4. The highest BCUT2D eigenvalue weighted by atomic mass is 16.5. The molecule has 0 aromatic heterocycles. The molecule has 6 nitrogen and oxygen atoms in total. The highest BCUT2D eigenvalue weighted by Gasteiger charge is 2.50. The van der Waals surface area contributed by atoms with Crippen molar-refractivity contribution in [3.63, 3.8) is 0 Å². The normalized spacial score (nSPS) is 19.2. The van der Waals surface area contributed by atoms with Gasteiger partial charge in [-0.15, -0.1) is 0 Å². The Kier molecular flexibility index (Phi) is 32.9. The van der Waals surface area contributed by atoms with E-state index in [9.17, 15) is 9.59 Å². The third-order valence-corrected chi connectivity index (χ3v) is 6.96. The number of nitrogens with zero attached hydrogens (tertiary/aromatic N) is 2. The van der Waals surface area contributed by atoms with E-state index in [2.05, 4.69) is 25.4 Å². The molecule has 242 valence electrons. The van der Waals surface area contributed by atoms with Gasteiger partial charge in [0.05, 0.1) is 6.10 Å². The second-order valence-corrected chi connectivity index (χ2v) is 9.55. The van der Waals surface area contributed by atoms with Gasteiger partial charge in [0, 0.05) is 50.8 Å². The first-order valence-electron chi connectivity index (χ1n) is 16.8. The van der Waals surface area contributed by atoms with Crippen LogP contribution in [0.25, 0.3) is 0 Å². The molecule has 3 saturated heterocycles. The molecule has 0 radical (unpaired) electrons. The van der Waals surface area contributed by atoms with Crippen molar-refractivity contribution in [2.75, 3.05) is 32.8 Å². The number of rotatable bonds is 10. The van der Waals surface area contributed by atoms with E-state index >= 15 is 0 Å². The van der Waals surface area contributed by atoms with Crippen molar-refractivity contribution in [3.8, 4) is 0 Å². The molecule has 1 N–H and O–H groups in total. The first-order chi connectivity index (χ1) is 20.0. The minimum absolute atomic E-state index is 0.349. The van der Waals surface area contributed by atoms with Gasteiger partial charge in [-0.05, 0) is 64.7 Å². The zero-order chi connectivity index (χ0) is 31.9. The summed E-state index contributed by atoms with van der Waals surface area (Å²) in [6.07, 6.45) is 19.8. The summed E-state index contributed by atoms with van der Waals surface area (Å²) in [6, 6.07) is 0.487. The van der Waals surface area contributed by atoms with Crippen LogP contribution in [0.2, 0.25) is 0 Å². The van der Waals surface area contributed by atoms with Crippen molar-refractivity contribution in [2.45, 2.75) is 144 Å². The fraction of sp³-hybridized carbons (Fsp3) is 0.771. The molecule has 1 saturated carbocycles. The molecule has 2 atom stereocenters. The molecule has 0 bridgehead atoms. The minimum atomic E-state index is 0.349. The van der Waals surface area contributed by atoms with Crippen LogP contribution in [0.3, 0.4) is 0 Å². The van der Waals surface area contributed by atoms with Crippen molar-refractivity contribution in [1.29, 1.82) is 0 Å². The van der Waals surface area contributed by atoms with E-state index in [0.29, 0.717) is 30.0 Å². The van der Waals surface area contributed by atoms with Gasteiger partial charge in [0.1, 0.15) is 0 Å². The summed E-state index contributed by atoms with van der Waals surface area (Å²) in [4.78, 5) is 26.2. The number of amides is 2. The summed E-state index contributed by atoms with van der Waals surface area (Å²) in [6.45, 7) is 30.0. The van der Waals surface area contributed by atoms with Gasteiger partial charge < -0.3 is 19.9 Å². The van der Waals surface area contributed by atoms with Crippen molar-refractivity contribution in [3.05, 3.63) is 37.5 Å². The molecule has 3 heterocycles. The number of likely N-dealkylation sites (tertiary alicyclic amines) is 2. The summed E-state index contributed by atoms with van der Waals surface area (Å²) < 4.78 is 5.37. The molecule has 1 spiro atoms. The number of carbonyl (C=O) groups excluding carboxylic acids is 2. The van der Waals surface area contributed by atoms with E-state index in [1.54, 1.807) is 12.2 Å². The second kappa shape index (κ2) is 31.0. The monoisotopic (exact) mass is 580 g/mol. The summed E-state index contributed by atoms with van der Waals surface area (Å²) in [5.41, 5.74) is 0.377. The zero-order valence-electron chi connectivity index (χ0n) is 28.7. The lowest BCUT2D eigenvalue weighted by molar-refractivity contribution is -0.130. The van der Waals surface area contributed by atoms with Gasteiger partial charge in [-0.3, -0.25) is 9.59 Å². The van der Waals surface area contributed by atoms with Gasteiger partial charge in [0.15, 0.2) is 0 Å². The second-order valence-electron chi connectivity index (χ2n) is 9.55. The van der Waals surface area contributed by atoms with E-state index in [1.165, 1.54) is 44.9 Å². The lowest BCUT2D eigenvalue weighted by Crippen LogP contribution is -2.40. The van der Waals surface area contributed by atoms with Crippen molar-refractivity contribution in [1.82, 2.24) is 15.1 Å². The Morgan fingerprint density at radius 3 is 1.85 bits per heavy atom. The largest absolute Gasteiger partial charge is 0.377 e. The Balaban J connectivity index is -0.000000526. The van der Waals surface area contributed by atoms with E-state index in [1.807, 2.05) is 77.3 Å². The van der Waals surface area contributed by atoms with Crippen molar-refractivity contribution in [2.24, 2.45) is 0 Å². The predicted molar refractivity (Wildman–Crippen MR) is 180 cm³/mol. The van der Waals surface area contributed by atoms with Gasteiger partial charge in [0.25, 0.3) is 0 Å². The molecule has 2 unspecified atom stereocenters. The molecule has 4 rings (SSSR count). The van der Waals surface area contributed by atoms with Crippen LogP contribution in [0.5, 0.6) is 0 Å². The Morgan fingerprint density at radius 2 is 1.46 bits per heavy atom. The Hall–Kier alpha value is -1.92. The van der Waals surface area contributed by atoms with Crippen LogP contribution >= 0.6 is 0 Å². The van der Waals surface area contributed by atoms with Gasteiger partial charge in [-0.2, -0.15) is 0 Å². The third kappa shape index (κ3) is 20.6. The first-order valence-corrected chi connectivity index (χ1v) is 16.8. The van der Waals surface area contributed by atoms with Crippen LogP contribution in [0, 0.1) is 0 Å². The topological polar surface area (TPSA) is 61.9 Å². The van der Waals surface area contributed by atoms with E-state index in [-0.39, 0.29) is 0 Å². The van der Waals surface area contributed by atoms with Crippen LogP contribution in [0.15, 0.2) is 37.5 Å². The first kappa shape index (κ1) is 43.5. The van der Waals surface area contributed by atoms with Crippen LogP contribution in [-0.2, 0) is 14.3 Å². The fourth-order valence-electron chi connectivity index (χ4n) is 4.53. The number of hydrogen-bond donors (Lipinski definition) is 1. The highest BCUT2D eigenvalue weighted by molar-refractivity contribution is 5.76. The molecular formula is C35H69N3O3. The average Bonchev–Trinajstić information content (AvgIpc) is 3.38. The zero-order valence-corrected chi connectivity index (χ0v) is 28.7. The van der Waals surface area contributed by atoms with E-state index in [4.69, 9.17) is 4.74 Å². The maximum atomic E-state index is 11.8. The van der Waals surface area contributed by atoms with E-state index in [0.717, 1.165) is 52.0 Å². The fourth-order valence-corrected chi connectivity index (χ4v) is 4.53. The number of nitrogens with one attached hydrogen (secondary N) is 1. The van der Waals surface area contributed by atoms with Crippen LogP contribution < -0.4 is 5.32 Å². The summed E-state index contributed by atoms with van der Waals surface area (Å²) in [5.74, 6) is 0.349. The van der Waals surface area contributed by atoms with Gasteiger partial charge in [-0.25, -0.2) is 0 Å². The van der Waals surface area contributed by atoms with Crippen molar-refractivity contribution < 1.29 is 14.3 Å². The Labute approximate surface area is 256 Å². The van der Waals surface area contributed by atoms with Gasteiger partial charge >= 0.3 is 0 Å². The quantitative estimate of drug-likeness (QED) is 0.209. The summed E-state index contributed by atoms with van der Waals surface area (Å²) in [7, 11) is 0. The number of hydrogen-bond acceptors (Lipinski definition) is 4. The van der Waals surface area contributed by atoms with Gasteiger partial charge in [0.2, 0.25) is 12.3 Å². The SMILES string of the molecule is C=C/C=C\C=C.CC.CC.CC.CC.CC(CCCC(=O)N1CCCC1)NCC1CCO1.O=CN1CCCC12CC2. The maximum Gasteiger partial charge on any atom is 0.222 e. The summed E-state index contributed by atoms with van der Waals surface area (Å²) in [5, 5.41) is 3.48. The Bertz CT molecular complexity index is 627. The lowest BCUT2D eigenvalue weighted by atomic mass is 10.1. The van der Waals surface area contributed by atoms with Crippen LogP contribution in [0.1, 0.15) is 127 Å². The molecule has 0 aromatic carbocycles. The predicted octanol–water partition coefficient (Wildman–Crippen LogP) is 8.34. The highest BCUT2D eigenvalue weighted by Crippen LogP contribution is 2.48. The maximum absolute atomic E-state index is 11.8. The molecule has 3 aliphatic heterocycles. The average molecular weight is 580 g/mol. The molecule has 0 aromatic rings. The smallest absolute Gasteiger partial charge is 0.222 e. The van der Waals surface area contributed by atoms with Crippen LogP contribution in [-0.4, -0.2) is 72.6 Å². The molecule has 4 fully saturated rings. The lowest BCUT2D eigenvalue weighted by Gasteiger charge is -2.28. The molecular weight excluding hydrogens is 510 g/mol. The van der Waals surface area contributed by atoms with E-state index < -0.39 is 0 Å². The molecule has 6 heteroatoms. The Morgan fingerprint density at radius 1 is 0.927 bits per heavy atom. The van der Waals surface area contributed by atoms with Gasteiger partial charge in [-0.1, -0.05) is 92.9 Å².